The van der Waals surface area contributed by atoms with E-state index < -0.39 is 12.4 Å². The second-order valence-corrected chi connectivity index (χ2v) is 10.9. The number of alkyl halides is 3. The summed E-state index contributed by atoms with van der Waals surface area (Å²) in [4.78, 5) is 23.8. The molecule has 0 bridgehead atoms. The minimum Gasteiger partial charge on any atom is -0.406 e. The molecule has 0 spiro atoms. The van der Waals surface area contributed by atoms with Crippen LogP contribution in [0.5, 0.6) is 5.75 Å². The number of carbonyl (C=O) groups excluding carboxylic acids is 1. The van der Waals surface area contributed by atoms with Gasteiger partial charge in [0, 0.05) is 23.5 Å². The Morgan fingerprint density at radius 3 is 2.40 bits per heavy atom. The number of nitrogens with one attached hydrogen (secondary N) is 1. The van der Waals surface area contributed by atoms with Crippen LogP contribution in [0.3, 0.4) is 0 Å². The van der Waals surface area contributed by atoms with Crippen molar-refractivity contribution in [2.45, 2.75) is 39.6 Å². The van der Waals surface area contributed by atoms with Gasteiger partial charge in [0.2, 0.25) is 0 Å². The largest absolute Gasteiger partial charge is 0.573 e. The predicted molar refractivity (Wildman–Crippen MR) is 158 cm³/mol. The summed E-state index contributed by atoms with van der Waals surface area (Å²) in [6, 6.07) is 18.3. The number of aromatic nitrogens is 3. The second-order valence-electron chi connectivity index (χ2n) is 9.84. The molecular formula is C30H29F3N6O2S. The molecule has 5 rings (SSSR count). The number of urea groups is 1. The van der Waals surface area contributed by atoms with Crippen molar-refractivity contribution in [1.29, 1.82) is 0 Å². The first kappa shape index (κ1) is 29.2. The molecule has 1 N–H and O–H groups in total. The number of carbonyl (C=O) groups is 1. The third-order valence-electron chi connectivity index (χ3n) is 6.73. The van der Waals surface area contributed by atoms with E-state index in [9.17, 15) is 18.0 Å². The summed E-state index contributed by atoms with van der Waals surface area (Å²) in [6.07, 6.45) is -2.26. The number of benzene rings is 3. The van der Waals surface area contributed by atoms with Crippen molar-refractivity contribution in [2.24, 2.45) is 4.99 Å². The van der Waals surface area contributed by atoms with E-state index in [0.29, 0.717) is 16.7 Å². The highest BCUT2D eigenvalue weighted by Gasteiger charge is 2.31. The molecule has 0 saturated carbocycles. The summed E-state index contributed by atoms with van der Waals surface area (Å²) >= 11 is 1.59. The third kappa shape index (κ3) is 6.93. The van der Waals surface area contributed by atoms with Gasteiger partial charge in [0.05, 0.1) is 11.7 Å². The zero-order valence-corrected chi connectivity index (χ0v) is 24.0. The Labute approximate surface area is 245 Å². The van der Waals surface area contributed by atoms with E-state index >= 15 is 0 Å². The summed E-state index contributed by atoms with van der Waals surface area (Å²) in [7, 11) is 0. The van der Waals surface area contributed by atoms with Crippen LogP contribution >= 0.6 is 11.8 Å². The molecule has 1 fully saturated rings. The highest BCUT2D eigenvalue weighted by Crippen LogP contribution is 2.31. The Morgan fingerprint density at radius 2 is 1.74 bits per heavy atom. The minimum absolute atomic E-state index is 0.291. The number of nitrogens with zero attached hydrogens (tertiary/aromatic N) is 5. The van der Waals surface area contributed by atoms with Gasteiger partial charge in [0.15, 0.2) is 11.0 Å². The molecule has 2 heterocycles. The maximum absolute atomic E-state index is 12.9. The molecule has 1 aliphatic heterocycles. The van der Waals surface area contributed by atoms with Crippen LogP contribution in [0.4, 0.5) is 23.7 Å². The average molecular weight is 595 g/mol. The molecule has 0 radical (unpaired) electrons. The van der Waals surface area contributed by atoms with Crippen LogP contribution in [0.15, 0.2) is 78.0 Å². The van der Waals surface area contributed by atoms with E-state index in [0.717, 1.165) is 46.7 Å². The molecule has 0 aliphatic carbocycles. The van der Waals surface area contributed by atoms with Crippen molar-refractivity contribution < 1.29 is 22.7 Å². The van der Waals surface area contributed by atoms with Gasteiger partial charge in [-0.1, -0.05) is 54.2 Å². The number of ether oxygens (including phenoxy) is 1. The SMILES string of the molecule is Cc1cccc(C)c1N1CCCS/C1=N\C(=O)NC(C)c1ccc(-c2ncn(-c3ccc(OC(F)(F)F)cc3)n2)cc1. The highest BCUT2D eigenvalue weighted by molar-refractivity contribution is 8.14. The molecule has 42 heavy (non-hydrogen) atoms. The lowest BCUT2D eigenvalue weighted by molar-refractivity contribution is -0.274. The minimum atomic E-state index is -4.75. The number of aryl methyl sites for hydroxylation is 2. The number of thioether (sulfide) groups is 1. The van der Waals surface area contributed by atoms with Crippen LogP contribution in [0.2, 0.25) is 0 Å². The van der Waals surface area contributed by atoms with E-state index in [1.165, 1.54) is 35.3 Å². The molecule has 1 aromatic heterocycles. The fraction of sp³-hybridized carbons (Fsp3) is 0.267. The van der Waals surface area contributed by atoms with E-state index in [1.807, 2.05) is 37.3 Å². The molecule has 1 atom stereocenters. The number of para-hydroxylation sites is 1. The quantitative estimate of drug-likeness (QED) is 0.254. The van der Waals surface area contributed by atoms with Crippen molar-refractivity contribution in [3.63, 3.8) is 0 Å². The van der Waals surface area contributed by atoms with Crippen LogP contribution in [0.1, 0.15) is 36.1 Å². The highest BCUT2D eigenvalue weighted by atomic mass is 32.2. The van der Waals surface area contributed by atoms with Crippen LogP contribution in [0, 0.1) is 13.8 Å². The number of halogens is 3. The monoisotopic (exact) mass is 594 g/mol. The molecule has 3 aromatic carbocycles. The first-order valence-corrected chi connectivity index (χ1v) is 14.3. The van der Waals surface area contributed by atoms with E-state index in [1.54, 1.807) is 11.8 Å². The molecule has 1 unspecified atom stereocenters. The number of amides is 2. The van der Waals surface area contributed by atoms with E-state index in [4.69, 9.17) is 0 Å². The smallest absolute Gasteiger partial charge is 0.406 e. The Morgan fingerprint density at radius 1 is 1.05 bits per heavy atom. The zero-order chi connectivity index (χ0) is 29.9. The number of hydrogen-bond donors (Lipinski definition) is 1. The van der Waals surface area contributed by atoms with Crippen LogP contribution in [-0.4, -0.2) is 44.6 Å². The van der Waals surface area contributed by atoms with Crippen LogP contribution in [-0.2, 0) is 0 Å². The van der Waals surface area contributed by atoms with Gasteiger partial charge in [-0.2, -0.15) is 4.99 Å². The lowest BCUT2D eigenvalue weighted by atomic mass is 10.1. The first-order valence-electron chi connectivity index (χ1n) is 13.3. The van der Waals surface area contributed by atoms with Gasteiger partial charge in [0.25, 0.3) is 0 Å². The molecule has 12 heteroatoms. The van der Waals surface area contributed by atoms with Gasteiger partial charge in [0.1, 0.15) is 12.1 Å². The number of rotatable bonds is 6. The maximum Gasteiger partial charge on any atom is 0.573 e. The van der Waals surface area contributed by atoms with Gasteiger partial charge < -0.3 is 15.0 Å². The fourth-order valence-corrected chi connectivity index (χ4v) is 5.66. The predicted octanol–water partition coefficient (Wildman–Crippen LogP) is 7.22. The topological polar surface area (TPSA) is 84.6 Å². The summed E-state index contributed by atoms with van der Waals surface area (Å²) in [6.45, 7) is 6.84. The molecule has 4 aromatic rings. The lowest BCUT2D eigenvalue weighted by Crippen LogP contribution is -2.37. The first-order chi connectivity index (χ1) is 20.1. The van der Waals surface area contributed by atoms with Crippen molar-refractivity contribution in [3.05, 3.63) is 89.7 Å². The lowest BCUT2D eigenvalue weighted by Gasteiger charge is -2.32. The summed E-state index contributed by atoms with van der Waals surface area (Å²) in [5.41, 5.74) is 5.55. The average Bonchev–Trinajstić information content (AvgIpc) is 3.44. The Hall–Kier alpha value is -4.32. The second kappa shape index (κ2) is 12.3. The van der Waals surface area contributed by atoms with Gasteiger partial charge >= 0.3 is 12.4 Å². The molecular weight excluding hydrogens is 565 g/mol. The molecule has 8 nitrogen and oxygen atoms in total. The normalized spacial score (nSPS) is 15.5. The number of hydrogen-bond acceptors (Lipinski definition) is 5. The van der Waals surface area contributed by atoms with Gasteiger partial charge in [-0.25, -0.2) is 14.5 Å². The van der Waals surface area contributed by atoms with Crippen molar-refractivity contribution in [1.82, 2.24) is 20.1 Å². The summed E-state index contributed by atoms with van der Waals surface area (Å²) in [5.74, 6) is 1.04. The summed E-state index contributed by atoms with van der Waals surface area (Å²) in [5, 5.41) is 8.10. The molecule has 1 aliphatic rings. The number of anilines is 1. The van der Waals surface area contributed by atoms with Crippen molar-refractivity contribution >= 4 is 28.6 Å². The number of amidine groups is 1. The molecule has 2 amide bonds. The van der Waals surface area contributed by atoms with Gasteiger partial charge in [-0.05, 0) is 68.1 Å². The van der Waals surface area contributed by atoms with Crippen molar-refractivity contribution in [3.8, 4) is 22.8 Å². The third-order valence-corrected chi connectivity index (χ3v) is 7.79. The fourth-order valence-electron chi connectivity index (χ4n) is 4.72. The van der Waals surface area contributed by atoms with Crippen molar-refractivity contribution in [2.75, 3.05) is 17.2 Å². The molecule has 1 saturated heterocycles. The van der Waals surface area contributed by atoms with Gasteiger partial charge in [-0.15, -0.1) is 18.3 Å². The Bertz CT molecular complexity index is 1570. The van der Waals surface area contributed by atoms with E-state index in [2.05, 4.69) is 56.0 Å². The Kier molecular flexibility index (Phi) is 8.53. The molecule has 218 valence electrons. The standard InChI is InChI=1S/C30H29F3N6O2S/c1-19-6-4-7-20(2)26(19)38-16-5-17-42-29(38)36-28(40)35-21(3)22-8-10-23(11-9-22)27-34-18-39(37-27)24-12-14-25(15-13-24)41-30(31,32)33/h4,6-15,18,21H,5,16-17H2,1-3H3,(H,35,40)/b36-29-. The summed E-state index contributed by atoms with van der Waals surface area (Å²) < 4.78 is 42.6. The Balaban J connectivity index is 1.24. The van der Waals surface area contributed by atoms with Crippen LogP contribution < -0.4 is 15.0 Å². The van der Waals surface area contributed by atoms with Gasteiger partial charge in [-0.3, -0.25) is 0 Å². The zero-order valence-electron chi connectivity index (χ0n) is 23.2. The van der Waals surface area contributed by atoms with E-state index in [-0.39, 0.29) is 11.8 Å². The maximum atomic E-state index is 12.9. The van der Waals surface area contributed by atoms with Crippen LogP contribution in [0.25, 0.3) is 17.1 Å². The number of aliphatic imine (C=N–C) groups is 1.